The standard InChI is InChI=1S/C28H31NO3S/c1-21-15-18-26(19-16-21)33(30,31)29-27(20-17-24-11-7-5-8-12-24)22(2)23(3)28(32-4)25-13-9-6-10-14-25/h5-16,18-19,27-29H,2-3,17,20H2,1,4H3/t27-,28-/m1/s1. The van der Waals surface area contributed by atoms with E-state index < -0.39 is 22.2 Å². The molecule has 0 spiro atoms. The lowest BCUT2D eigenvalue weighted by molar-refractivity contribution is 0.134. The molecule has 0 amide bonds. The zero-order valence-corrected chi connectivity index (χ0v) is 20.0. The number of hydrogen-bond donors (Lipinski definition) is 1. The van der Waals surface area contributed by atoms with Gasteiger partial charge in [0, 0.05) is 13.2 Å². The maximum absolute atomic E-state index is 13.2. The van der Waals surface area contributed by atoms with Gasteiger partial charge in [-0.25, -0.2) is 13.1 Å². The lowest BCUT2D eigenvalue weighted by Gasteiger charge is -2.27. The molecule has 5 heteroatoms. The Morgan fingerprint density at radius 3 is 2.03 bits per heavy atom. The Balaban J connectivity index is 1.87. The Labute approximate surface area is 197 Å². The molecular weight excluding hydrogens is 430 g/mol. The van der Waals surface area contributed by atoms with Crippen molar-refractivity contribution < 1.29 is 13.2 Å². The first kappa shape index (κ1) is 24.6. The topological polar surface area (TPSA) is 55.4 Å². The third-order valence-electron chi connectivity index (χ3n) is 5.68. The number of sulfonamides is 1. The van der Waals surface area contributed by atoms with Gasteiger partial charge in [-0.05, 0) is 54.2 Å². The number of rotatable bonds is 11. The summed E-state index contributed by atoms with van der Waals surface area (Å²) in [5.41, 5.74) is 4.32. The average molecular weight is 462 g/mol. The number of hydrogen-bond acceptors (Lipinski definition) is 3. The maximum Gasteiger partial charge on any atom is 0.241 e. The number of benzene rings is 3. The molecule has 0 aliphatic heterocycles. The highest BCUT2D eigenvalue weighted by molar-refractivity contribution is 7.89. The fourth-order valence-electron chi connectivity index (χ4n) is 3.73. The van der Waals surface area contributed by atoms with Crippen LogP contribution < -0.4 is 4.72 Å². The lowest BCUT2D eigenvalue weighted by atomic mass is 9.90. The van der Waals surface area contributed by atoms with E-state index in [-0.39, 0.29) is 4.90 Å². The van der Waals surface area contributed by atoms with Gasteiger partial charge in [0.15, 0.2) is 0 Å². The van der Waals surface area contributed by atoms with Crippen molar-refractivity contribution in [2.45, 2.75) is 36.8 Å². The molecule has 0 radical (unpaired) electrons. The Morgan fingerprint density at radius 1 is 0.879 bits per heavy atom. The zero-order chi connectivity index (χ0) is 23.8. The monoisotopic (exact) mass is 461 g/mol. The van der Waals surface area contributed by atoms with Crippen LogP contribution in [0.3, 0.4) is 0 Å². The lowest BCUT2D eigenvalue weighted by Crippen LogP contribution is -2.37. The maximum atomic E-state index is 13.2. The van der Waals surface area contributed by atoms with Gasteiger partial charge in [0.1, 0.15) is 6.10 Å². The van der Waals surface area contributed by atoms with Crippen LogP contribution in [0.2, 0.25) is 0 Å². The molecule has 0 aromatic heterocycles. The smallest absolute Gasteiger partial charge is 0.241 e. The molecule has 0 aliphatic rings. The van der Waals surface area contributed by atoms with Gasteiger partial charge in [-0.1, -0.05) is 91.5 Å². The second kappa shape index (κ2) is 11.2. The van der Waals surface area contributed by atoms with Crippen molar-refractivity contribution in [3.63, 3.8) is 0 Å². The minimum Gasteiger partial charge on any atom is -0.372 e. The number of aryl methyl sites for hydroxylation is 2. The summed E-state index contributed by atoms with van der Waals surface area (Å²) in [6.07, 6.45) is 0.817. The van der Waals surface area contributed by atoms with Gasteiger partial charge in [0.05, 0.1) is 4.90 Å². The van der Waals surface area contributed by atoms with Gasteiger partial charge in [-0.3, -0.25) is 0 Å². The molecule has 1 N–H and O–H groups in total. The van der Waals surface area contributed by atoms with Crippen molar-refractivity contribution in [2.24, 2.45) is 0 Å². The van der Waals surface area contributed by atoms with E-state index in [2.05, 4.69) is 17.9 Å². The van der Waals surface area contributed by atoms with Gasteiger partial charge < -0.3 is 4.74 Å². The van der Waals surface area contributed by atoms with Crippen LogP contribution in [0.1, 0.15) is 29.2 Å². The summed E-state index contributed by atoms with van der Waals surface area (Å²) in [5, 5.41) is 0. The summed E-state index contributed by atoms with van der Waals surface area (Å²) in [5.74, 6) is 0. The molecule has 0 fully saturated rings. The molecule has 3 aromatic rings. The number of nitrogens with one attached hydrogen (secondary N) is 1. The third kappa shape index (κ3) is 6.51. The second-order valence-corrected chi connectivity index (χ2v) is 9.80. The average Bonchev–Trinajstić information content (AvgIpc) is 2.83. The predicted molar refractivity (Wildman–Crippen MR) is 135 cm³/mol. The fourth-order valence-corrected chi connectivity index (χ4v) is 5.00. The van der Waals surface area contributed by atoms with Crippen LogP contribution in [0, 0.1) is 6.92 Å². The highest BCUT2D eigenvalue weighted by Gasteiger charge is 2.26. The molecule has 0 saturated carbocycles. The Kier molecular flexibility index (Phi) is 8.39. The second-order valence-electron chi connectivity index (χ2n) is 8.09. The van der Waals surface area contributed by atoms with Crippen molar-refractivity contribution in [1.29, 1.82) is 0 Å². The van der Waals surface area contributed by atoms with E-state index in [0.29, 0.717) is 24.0 Å². The summed E-state index contributed by atoms with van der Waals surface area (Å²) in [6.45, 7) is 10.4. The molecule has 0 heterocycles. The first-order valence-corrected chi connectivity index (χ1v) is 12.4. The van der Waals surface area contributed by atoms with Crippen LogP contribution in [0.4, 0.5) is 0 Å². The minimum atomic E-state index is -3.75. The van der Waals surface area contributed by atoms with Crippen molar-refractivity contribution in [1.82, 2.24) is 4.72 Å². The summed E-state index contributed by atoms with van der Waals surface area (Å²) >= 11 is 0. The van der Waals surface area contributed by atoms with E-state index in [9.17, 15) is 8.42 Å². The largest absolute Gasteiger partial charge is 0.372 e. The molecule has 0 unspecified atom stereocenters. The SMILES string of the molecule is C=C(C(=C)[C@@H](CCc1ccccc1)NS(=O)(=O)c1ccc(C)cc1)[C@@H](OC)c1ccccc1. The zero-order valence-electron chi connectivity index (χ0n) is 19.2. The van der Waals surface area contributed by atoms with E-state index in [1.54, 1.807) is 31.4 Å². The van der Waals surface area contributed by atoms with Crippen LogP contribution in [0.25, 0.3) is 0 Å². The molecular formula is C28H31NO3S. The minimum absolute atomic E-state index is 0.225. The summed E-state index contributed by atoms with van der Waals surface area (Å²) in [7, 11) is -2.13. The Morgan fingerprint density at radius 2 is 1.45 bits per heavy atom. The molecule has 4 nitrogen and oxygen atoms in total. The highest BCUT2D eigenvalue weighted by atomic mass is 32.2. The quantitative estimate of drug-likeness (QED) is 0.369. The van der Waals surface area contributed by atoms with E-state index in [1.165, 1.54) is 0 Å². The fraction of sp³-hybridized carbons (Fsp3) is 0.214. The molecule has 3 rings (SSSR count). The molecule has 2 atom stereocenters. The summed E-state index contributed by atoms with van der Waals surface area (Å²) in [6, 6.07) is 26.0. The van der Waals surface area contributed by atoms with E-state index in [4.69, 9.17) is 4.74 Å². The van der Waals surface area contributed by atoms with E-state index in [1.807, 2.05) is 67.6 Å². The van der Waals surface area contributed by atoms with Crippen molar-refractivity contribution >= 4 is 10.0 Å². The molecule has 172 valence electrons. The summed E-state index contributed by atoms with van der Waals surface area (Å²) in [4.78, 5) is 0.225. The molecule has 3 aromatic carbocycles. The normalized spacial score (nSPS) is 13.3. The van der Waals surface area contributed by atoms with Crippen LogP contribution in [-0.4, -0.2) is 21.6 Å². The first-order chi connectivity index (χ1) is 15.8. The van der Waals surface area contributed by atoms with Gasteiger partial charge in [-0.2, -0.15) is 0 Å². The number of methoxy groups -OCH3 is 1. The van der Waals surface area contributed by atoms with Crippen LogP contribution in [0.5, 0.6) is 0 Å². The van der Waals surface area contributed by atoms with E-state index >= 15 is 0 Å². The molecule has 0 bridgehead atoms. The van der Waals surface area contributed by atoms with Crippen molar-refractivity contribution in [2.75, 3.05) is 7.11 Å². The van der Waals surface area contributed by atoms with Crippen LogP contribution in [-0.2, 0) is 21.2 Å². The first-order valence-electron chi connectivity index (χ1n) is 10.9. The van der Waals surface area contributed by atoms with Crippen LogP contribution >= 0.6 is 0 Å². The highest BCUT2D eigenvalue weighted by Crippen LogP contribution is 2.31. The van der Waals surface area contributed by atoms with Gasteiger partial charge in [-0.15, -0.1) is 0 Å². The van der Waals surface area contributed by atoms with Gasteiger partial charge in [0.2, 0.25) is 10.0 Å². The number of ether oxygens (including phenoxy) is 1. The Bertz CT molecular complexity index is 1170. The molecule has 0 saturated heterocycles. The predicted octanol–water partition coefficient (Wildman–Crippen LogP) is 5.77. The van der Waals surface area contributed by atoms with Crippen molar-refractivity contribution in [3.05, 3.63) is 126 Å². The Hall–Kier alpha value is -2.99. The molecule has 0 aliphatic carbocycles. The van der Waals surface area contributed by atoms with Gasteiger partial charge in [0.25, 0.3) is 0 Å². The van der Waals surface area contributed by atoms with Gasteiger partial charge >= 0.3 is 0 Å². The third-order valence-corrected chi connectivity index (χ3v) is 7.17. The summed E-state index contributed by atoms with van der Waals surface area (Å²) < 4.78 is 35.0. The van der Waals surface area contributed by atoms with Crippen molar-refractivity contribution in [3.8, 4) is 0 Å². The van der Waals surface area contributed by atoms with Crippen LogP contribution in [0.15, 0.2) is 114 Å². The van der Waals surface area contributed by atoms with E-state index in [0.717, 1.165) is 16.7 Å². The molecule has 33 heavy (non-hydrogen) atoms.